The van der Waals surface area contributed by atoms with E-state index in [1.54, 1.807) is 6.92 Å². The predicted molar refractivity (Wildman–Crippen MR) is 108 cm³/mol. The highest BCUT2D eigenvalue weighted by atomic mass is 32.1. The van der Waals surface area contributed by atoms with Crippen molar-refractivity contribution >= 4 is 28.2 Å². The number of thiophene rings is 1. The molecule has 0 bridgehead atoms. The molecule has 1 aromatic heterocycles. The van der Waals surface area contributed by atoms with Gasteiger partial charge < -0.3 is 10.1 Å². The average Bonchev–Trinajstić information content (AvgIpc) is 3.03. The quantitative estimate of drug-likeness (QED) is 0.591. The van der Waals surface area contributed by atoms with Crippen LogP contribution >= 0.6 is 11.3 Å². The third-order valence-corrected chi connectivity index (χ3v) is 5.06. The van der Waals surface area contributed by atoms with Crippen molar-refractivity contribution in [2.45, 2.75) is 52.9 Å². The van der Waals surface area contributed by atoms with Gasteiger partial charge in [-0.2, -0.15) is 0 Å². The number of esters is 1. The molecule has 0 atom stereocenters. The Bertz CT molecular complexity index is 747. The average molecular weight is 374 g/mol. The molecule has 140 valence electrons. The summed E-state index contributed by atoms with van der Waals surface area (Å²) in [6.07, 6.45) is 2.24. The van der Waals surface area contributed by atoms with Gasteiger partial charge >= 0.3 is 5.97 Å². The molecule has 4 nitrogen and oxygen atoms in total. The summed E-state index contributed by atoms with van der Waals surface area (Å²) in [5.74, 6) is -0.0205. The van der Waals surface area contributed by atoms with Crippen molar-refractivity contribution in [2.75, 3.05) is 11.9 Å². The van der Waals surface area contributed by atoms with Crippen molar-refractivity contribution in [2.24, 2.45) is 0 Å². The Morgan fingerprint density at radius 1 is 1.15 bits per heavy atom. The zero-order chi connectivity index (χ0) is 19.1. The Kier molecular flexibility index (Phi) is 7.39. The van der Waals surface area contributed by atoms with Crippen molar-refractivity contribution in [1.29, 1.82) is 0 Å². The minimum absolute atomic E-state index is 0.0686. The monoisotopic (exact) mass is 373 g/mol. The van der Waals surface area contributed by atoms with Gasteiger partial charge in [0, 0.05) is 17.4 Å². The number of amides is 1. The number of hydrogen-bond acceptors (Lipinski definition) is 4. The molecule has 1 aromatic carbocycles. The molecule has 5 heteroatoms. The lowest BCUT2D eigenvalue weighted by Crippen LogP contribution is -2.14. The highest BCUT2D eigenvalue weighted by molar-refractivity contribution is 7.15. The largest absolute Gasteiger partial charge is 0.462 e. The predicted octanol–water partition coefficient (Wildman–Crippen LogP) is 5.84. The van der Waals surface area contributed by atoms with E-state index < -0.39 is 5.97 Å². The number of nitrogens with one attached hydrogen (secondary N) is 1. The molecule has 1 N–H and O–H groups in total. The Balaban J connectivity index is 2.36. The molecule has 0 aliphatic carbocycles. The van der Waals surface area contributed by atoms with Crippen LogP contribution in [0.1, 0.15) is 68.8 Å². The zero-order valence-electron chi connectivity index (χ0n) is 15.9. The smallest absolute Gasteiger partial charge is 0.341 e. The van der Waals surface area contributed by atoms with Crippen LogP contribution in [0.2, 0.25) is 0 Å². The fraction of sp³-hybridized carbons (Fsp3) is 0.429. The van der Waals surface area contributed by atoms with Gasteiger partial charge in [-0.15, -0.1) is 11.3 Å². The first-order chi connectivity index (χ1) is 12.5. The fourth-order valence-corrected chi connectivity index (χ4v) is 3.62. The fourth-order valence-electron chi connectivity index (χ4n) is 2.64. The summed E-state index contributed by atoms with van der Waals surface area (Å²) in [5, 5.41) is 5.35. The SMILES string of the molecule is CCCCC(=O)Nc1scc(-c2ccc(C(C)C)cc2)c1C(=O)OCC. The number of hydrogen-bond donors (Lipinski definition) is 1. The van der Waals surface area contributed by atoms with Crippen LogP contribution in [0.25, 0.3) is 11.1 Å². The van der Waals surface area contributed by atoms with Crippen molar-refractivity contribution in [3.8, 4) is 11.1 Å². The van der Waals surface area contributed by atoms with Crippen LogP contribution in [0.4, 0.5) is 5.00 Å². The molecule has 0 radical (unpaired) electrons. The van der Waals surface area contributed by atoms with Gasteiger partial charge in [0.25, 0.3) is 0 Å². The zero-order valence-corrected chi connectivity index (χ0v) is 16.7. The first-order valence-electron chi connectivity index (χ1n) is 9.16. The Labute approximate surface area is 159 Å². The second kappa shape index (κ2) is 9.53. The van der Waals surface area contributed by atoms with Gasteiger partial charge in [-0.3, -0.25) is 4.79 Å². The second-order valence-corrected chi connectivity index (χ2v) is 7.38. The topological polar surface area (TPSA) is 55.4 Å². The van der Waals surface area contributed by atoms with Gasteiger partial charge in [0.15, 0.2) is 0 Å². The molecule has 0 fully saturated rings. The maximum absolute atomic E-state index is 12.5. The molecular formula is C21H27NO3S. The van der Waals surface area contributed by atoms with Gasteiger partial charge in [0.1, 0.15) is 10.6 Å². The van der Waals surface area contributed by atoms with Crippen molar-refractivity contribution in [1.82, 2.24) is 0 Å². The van der Waals surface area contributed by atoms with E-state index in [-0.39, 0.29) is 5.91 Å². The Hall–Kier alpha value is -2.14. The number of carbonyl (C=O) groups excluding carboxylic acids is 2. The third-order valence-electron chi connectivity index (χ3n) is 4.17. The number of rotatable bonds is 8. The number of carbonyl (C=O) groups is 2. The van der Waals surface area contributed by atoms with E-state index in [0.29, 0.717) is 29.5 Å². The molecule has 2 rings (SSSR count). The summed E-state index contributed by atoms with van der Waals surface area (Å²) in [7, 11) is 0. The molecule has 26 heavy (non-hydrogen) atoms. The minimum atomic E-state index is -0.400. The van der Waals surface area contributed by atoms with Crippen LogP contribution in [0.15, 0.2) is 29.6 Å². The van der Waals surface area contributed by atoms with Gasteiger partial charge in [0.05, 0.1) is 6.61 Å². The summed E-state index contributed by atoms with van der Waals surface area (Å²) in [6.45, 7) is 8.41. The molecule has 0 aliphatic heterocycles. The molecule has 0 saturated carbocycles. The lowest BCUT2D eigenvalue weighted by Gasteiger charge is -2.10. The first kappa shape index (κ1) is 20.2. The summed E-state index contributed by atoms with van der Waals surface area (Å²) in [5.41, 5.74) is 3.44. The van der Waals surface area contributed by atoms with E-state index in [9.17, 15) is 9.59 Å². The second-order valence-electron chi connectivity index (χ2n) is 6.50. The molecule has 0 spiro atoms. The summed E-state index contributed by atoms with van der Waals surface area (Å²) in [6, 6.07) is 8.18. The van der Waals surface area contributed by atoms with E-state index in [1.807, 2.05) is 24.4 Å². The number of benzene rings is 1. The molecule has 1 amide bonds. The van der Waals surface area contributed by atoms with Crippen molar-refractivity contribution in [3.05, 3.63) is 40.8 Å². The number of anilines is 1. The molecule has 1 heterocycles. The molecule has 0 saturated heterocycles. The van der Waals surface area contributed by atoms with E-state index >= 15 is 0 Å². The van der Waals surface area contributed by atoms with Crippen molar-refractivity contribution < 1.29 is 14.3 Å². The molecular weight excluding hydrogens is 346 g/mol. The summed E-state index contributed by atoms with van der Waals surface area (Å²) < 4.78 is 5.23. The van der Waals surface area contributed by atoms with E-state index in [4.69, 9.17) is 4.74 Å². The van der Waals surface area contributed by atoms with Gasteiger partial charge in [-0.25, -0.2) is 4.79 Å². The summed E-state index contributed by atoms with van der Waals surface area (Å²) >= 11 is 1.36. The molecule has 0 aliphatic rings. The minimum Gasteiger partial charge on any atom is -0.462 e. The van der Waals surface area contributed by atoms with E-state index in [1.165, 1.54) is 16.9 Å². The highest BCUT2D eigenvalue weighted by Gasteiger charge is 2.22. The first-order valence-corrected chi connectivity index (χ1v) is 10.0. The molecule has 2 aromatic rings. The highest BCUT2D eigenvalue weighted by Crippen LogP contribution is 2.36. The van der Waals surface area contributed by atoms with Crippen LogP contribution < -0.4 is 5.32 Å². The van der Waals surface area contributed by atoms with Gasteiger partial charge in [-0.05, 0) is 30.4 Å². The van der Waals surface area contributed by atoms with Gasteiger partial charge in [-0.1, -0.05) is 51.5 Å². The lowest BCUT2D eigenvalue weighted by molar-refractivity contribution is -0.116. The van der Waals surface area contributed by atoms with E-state index in [0.717, 1.165) is 24.0 Å². The van der Waals surface area contributed by atoms with Crippen LogP contribution in [0.5, 0.6) is 0 Å². The van der Waals surface area contributed by atoms with Crippen LogP contribution in [-0.2, 0) is 9.53 Å². The van der Waals surface area contributed by atoms with Crippen molar-refractivity contribution in [3.63, 3.8) is 0 Å². The molecule has 0 unspecified atom stereocenters. The van der Waals surface area contributed by atoms with E-state index in [2.05, 4.69) is 31.3 Å². The normalized spacial score (nSPS) is 10.8. The van der Waals surface area contributed by atoms with Gasteiger partial charge in [0.2, 0.25) is 5.91 Å². The number of unbranched alkanes of at least 4 members (excludes halogenated alkanes) is 1. The van der Waals surface area contributed by atoms with Crippen LogP contribution in [-0.4, -0.2) is 18.5 Å². The lowest BCUT2D eigenvalue weighted by atomic mass is 9.98. The maximum Gasteiger partial charge on any atom is 0.341 e. The Morgan fingerprint density at radius 3 is 2.42 bits per heavy atom. The Morgan fingerprint density at radius 2 is 1.85 bits per heavy atom. The number of ether oxygens (including phenoxy) is 1. The summed E-state index contributed by atoms with van der Waals surface area (Å²) in [4.78, 5) is 24.6. The van der Waals surface area contributed by atoms with Crippen LogP contribution in [0, 0.1) is 0 Å². The maximum atomic E-state index is 12.5. The standard InChI is InChI=1S/C21H27NO3S/c1-5-7-8-18(23)22-20-19(21(24)25-6-2)17(13-26-20)16-11-9-15(10-12-16)14(3)4/h9-14H,5-8H2,1-4H3,(H,22,23). The third kappa shape index (κ3) is 4.94. The van der Waals surface area contributed by atoms with Crippen LogP contribution in [0.3, 0.4) is 0 Å².